The maximum absolute atomic E-state index is 12.9. The molecule has 1 heterocycles. The van der Waals surface area contributed by atoms with Crippen LogP contribution < -0.4 is 0 Å². The molecule has 1 aromatic heterocycles. The zero-order chi connectivity index (χ0) is 13.4. The van der Waals surface area contributed by atoms with Crippen LogP contribution in [0, 0.1) is 0 Å². The lowest BCUT2D eigenvalue weighted by atomic mass is 9.77. The second kappa shape index (κ2) is 4.26. The molecule has 0 spiro atoms. The van der Waals surface area contributed by atoms with E-state index in [2.05, 4.69) is 4.98 Å². The maximum atomic E-state index is 12.9. The van der Waals surface area contributed by atoms with Crippen molar-refractivity contribution >= 4 is 5.97 Å². The number of aromatic nitrogens is 1. The molecule has 1 aliphatic rings. The summed E-state index contributed by atoms with van der Waals surface area (Å²) in [4.78, 5) is 15.1. The highest BCUT2D eigenvalue weighted by atomic mass is 19.4. The second-order valence-electron chi connectivity index (χ2n) is 4.51. The first-order valence-corrected chi connectivity index (χ1v) is 5.63. The molecule has 0 saturated heterocycles. The van der Waals surface area contributed by atoms with E-state index < -0.39 is 23.1 Å². The average Bonchev–Trinajstić information content (AvgIpc) is 2.78. The van der Waals surface area contributed by atoms with Crippen LogP contribution in [0.25, 0.3) is 0 Å². The molecule has 6 heteroatoms. The Morgan fingerprint density at radius 3 is 2.44 bits per heavy atom. The maximum Gasteiger partial charge on any atom is 0.416 e. The molecule has 0 unspecified atom stereocenters. The van der Waals surface area contributed by atoms with Crippen LogP contribution in [-0.2, 0) is 16.4 Å². The number of nitrogens with zero attached hydrogens (tertiary/aromatic N) is 1. The van der Waals surface area contributed by atoms with Gasteiger partial charge in [-0.25, -0.2) is 0 Å². The summed E-state index contributed by atoms with van der Waals surface area (Å²) in [6.45, 7) is 0. The molecule has 1 saturated carbocycles. The number of rotatable bonds is 2. The summed E-state index contributed by atoms with van der Waals surface area (Å²) in [6.07, 6.45) is -0.756. The first-order chi connectivity index (χ1) is 8.38. The van der Waals surface area contributed by atoms with Crippen LogP contribution >= 0.6 is 0 Å². The van der Waals surface area contributed by atoms with Gasteiger partial charge >= 0.3 is 12.1 Å². The van der Waals surface area contributed by atoms with E-state index in [1.165, 1.54) is 0 Å². The van der Waals surface area contributed by atoms with Crippen LogP contribution in [-0.4, -0.2) is 16.1 Å². The van der Waals surface area contributed by atoms with Gasteiger partial charge in [0.05, 0.1) is 11.0 Å². The largest absolute Gasteiger partial charge is 0.481 e. The molecule has 98 valence electrons. The van der Waals surface area contributed by atoms with Crippen molar-refractivity contribution in [3.05, 3.63) is 29.6 Å². The van der Waals surface area contributed by atoms with Gasteiger partial charge in [0.1, 0.15) is 0 Å². The van der Waals surface area contributed by atoms with E-state index in [9.17, 15) is 23.1 Å². The number of pyridine rings is 1. The first kappa shape index (κ1) is 12.9. The summed E-state index contributed by atoms with van der Waals surface area (Å²) in [6, 6.07) is 0.846. The fourth-order valence-corrected chi connectivity index (χ4v) is 2.60. The second-order valence-corrected chi connectivity index (χ2v) is 4.51. The summed E-state index contributed by atoms with van der Waals surface area (Å²) in [5.74, 6) is -1.20. The van der Waals surface area contributed by atoms with Gasteiger partial charge in [-0.15, -0.1) is 0 Å². The summed E-state index contributed by atoms with van der Waals surface area (Å²) >= 11 is 0. The number of hydrogen-bond donors (Lipinski definition) is 1. The van der Waals surface area contributed by atoms with Gasteiger partial charge in [-0.1, -0.05) is 12.8 Å². The Morgan fingerprint density at radius 2 is 1.94 bits per heavy atom. The van der Waals surface area contributed by atoms with Crippen molar-refractivity contribution in [3.8, 4) is 0 Å². The molecule has 1 fully saturated rings. The third-order valence-electron chi connectivity index (χ3n) is 3.51. The molecule has 0 amide bonds. The number of alkyl halides is 3. The number of hydrogen-bond acceptors (Lipinski definition) is 2. The molecule has 1 N–H and O–H groups in total. The Balaban J connectivity index is 2.59. The molecule has 18 heavy (non-hydrogen) atoms. The Morgan fingerprint density at radius 1 is 1.33 bits per heavy atom. The highest BCUT2D eigenvalue weighted by Crippen LogP contribution is 2.45. The number of halogens is 3. The standard InChI is InChI=1S/C12H12F3NO2/c13-12(14,15)8-3-6-16-7-9(8)11(10(17)18)4-1-2-5-11/h3,6-7H,1-2,4-5H2,(H,17,18). The fourth-order valence-electron chi connectivity index (χ4n) is 2.60. The molecule has 0 aromatic carbocycles. The lowest BCUT2D eigenvalue weighted by molar-refractivity contribution is -0.146. The van der Waals surface area contributed by atoms with Crippen molar-refractivity contribution in [2.75, 3.05) is 0 Å². The summed E-state index contributed by atoms with van der Waals surface area (Å²) in [5.41, 5.74) is -2.52. The molecule has 1 aromatic rings. The fraction of sp³-hybridized carbons (Fsp3) is 0.500. The van der Waals surface area contributed by atoms with Gasteiger partial charge in [-0.3, -0.25) is 9.78 Å². The number of carboxylic acids is 1. The summed E-state index contributed by atoms with van der Waals surface area (Å²) in [7, 11) is 0. The Bertz CT molecular complexity index is 465. The Hall–Kier alpha value is -1.59. The van der Waals surface area contributed by atoms with Crippen molar-refractivity contribution in [2.45, 2.75) is 37.3 Å². The van der Waals surface area contributed by atoms with E-state index in [0.29, 0.717) is 12.8 Å². The van der Waals surface area contributed by atoms with Gasteiger partial charge in [0.2, 0.25) is 0 Å². The van der Waals surface area contributed by atoms with Crippen LogP contribution in [0.3, 0.4) is 0 Å². The van der Waals surface area contributed by atoms with Crippen LogP contribution in [0.4, 0.5) is 13.2 Å². The van der Waals surface area contributed by atoms with Crippen molar-refractivity contribution in [1.29, 1.82) is 0 Å². The predicted molar refractivity (Wildman–Crippen MR) is 57.0 cm³/mol. The van der Waals surface area contributed by atoms with Crippen LogP contribution in [0.15, 0.2) is 18.5 Å². The lowest BCUT2D eigenvalue weighted by Crippen LogP contribution is -2.35. The minimum atomic E-state index is -4.55. The lowest BCUT2D eigenvalue weighted by Gasteiger charge is -2.27. The van der Waals surface area contributed by atoms with E-state index >= 15 is 0 Å². The van der Waals surface area contributed by atoms with Gasteiger partial charge in [0.25, 0.3) is 0 Å². The average molecular weight is 259 g/mol. The van der Waals surface area contributed by atoms with Crippen LogP contribution in [0.1, 0.15) is 36.8 Å². The van der Waals surface area contributed by atoms with Crippen molar-refractivity contribution in [2.24, 2.45) is 0 Å². The molecule has 0 bridgehead atoms. The third kappa shape index (κ3) is 1.95. The summed E-state index contributed by atoms with van der Waals surface area (Å²) in [5, 5.41) is 9.31. The molecule has 0 aliphatic heterocycles. The minimum absolute atomic E-state index is 0.206. The van der Waals surface area contributed by atoms with E-state index in [0.717, 1.165) is 18.5 Å². The van der Waals surface area contributed by atoms with Gasteiger partial charge in [0, 0.05) is 12.4 Å². The van der Waals surface area contributed by atoms with Crippen molar-refractivity contribution in [1.82, 2.24) is 4.98 Å². The van der Waals surface area contributed by atoms with E-state index in [-0.39, 0.29) is 18.4 Å². The molecular weight excluding hydrogens is 247 g/mol. The van der Waals surface area contributed by atoms with Gasteiger partial charge in [0.15, 0.2) is 0 Å². The van der Waals surface area contributed by atoms with Crippen molar-refractivity contribution in [3.63, 3.8) is 0 Å². The molecule has 0 atom stereocenters. The van der Waals surface area contributed by atoms with Gasteiger partial charge in [-0.05, 0) is 24.5 Å². The first-order valence-electron chi connectivity index (χ1n) is 5.63. The predicted octanol–water partition coefficient (Wildman–Crippen LogP) is 3.00. The number of carbonyl (C=O) groups is 1. The molecule has 1 aliphatic carbocycles. The Labute approximate surface area is 102 Å². The van der Waals surface area contributed by atoms with Crippen LogP contribution in [0.5, 0.6) is 0 Å². The number of aliphatic carboxylic acids is 1. The molecular formula is C12H12F3NO2. The SMILES string of the molecule is O=C(O)C1(c2cnccc2C(F)(F)F)CCCC1. The smallest absolute Gasteiger partial charge is 0.416 e. The molecule has 2 rings (SSSR count). The van der Waals surface area contributed by atoms with Gasteiger partial charge in [-0.2, -0.15) is 13.2 Å². The molecule has 0 radical (unpaired) electrons. The minimum Gasteiger partial charge on any atom is -0.481 e. The Kier molecular flexibility index (Phi) is 3.04. The normalized spacial score (nSPS) is 18.8. The van der Waals surface area contributed by atoms with Crippen LogP contribution in [0.2, 0.25) is 0 Å². The highest BCUT2D eigenvalue weighted by molar-refractivity contribution is 5.82. The zero-order valence-electron chi connectivity index (χ0n) is 9.50. The van der Waals surface area contributed by atoms with Gasteiger partial charge < -0.3 is 5.11 Å². The summed E-state index contributed by atoms with van der Waals surface area (Å²) < 4.78 is 38.7. The zero-order valence-corrected chi connectivity index (χ0v) is 9.50. The quantitative estimate of drug-likeness (QED) is 0.888. The van der Waals surface area contributed by atoms with E-state index in [1.54, 1.807) is 0 Å². The number of carboxylic acid groups (broad SMARTS) is 1. The van der Waals surface area contributed by atoms with E-state index in [4.69, 9.17) is 0 Å². The van der Waals surface area contributed by atoms with Crippen molar-refractivity contribution < 1.29 is 23.1 Å². The monoisotopic (exact) mass is 259 g/mol. The third-order valence-corrected chi connectivity index (χ3v) is 3.51. The van der Waals surface area contributed by atoms with E-state index in [1.807, 2.05) is 0 Å². The topological polar surface area (TPSA) is 50.2 Å². The molecule has 3 nitrogen and oxygen atoms in total. The highest BCUT2D eigenvalue weighted by Gasteiger charge is 2.48.